The van der Waals surface area contributed by atoms with Crippen LogP contribution in [0, 0.1) is 0 Å². The number of nitrogens with zero attached hydrogens (tertiary/aromatic N) is 3. The van der Waals surface area contributed by atoms with Gasteiger partial charge < -0.3 is 14.7 Å². The molecule has 0 aliphatic carbocycles. The number of ether oxygens (including phenoxy) is 1. The lowest BCUT2D eigenvalue weighted by atomic mass is 10.2. The Balaban J connectivity index is 1.92. The van der Waals surface area contributed by atoms with E-state index in [1.165, 1.54) is 6.20 Å². The number of aliphatic carboxylic acids is 1. The highest BCUT2D eigenvalue weighted by Gasteiger charge is 2.19. The minimum atomic E-state index is -0.805. The van der Waals surface area contributed by atoms with Gasteiger partial charge in [-0.25, -0.2) is 9.78 Å². The van der Waals surface area contributed by atoms with E-state index >= 15 is 0 Å². The Morgan fingerprint density at radius 1 is 1.29 bits per heavy atom. The molecular weight excluding hydrogens is 274 g/mol. The summed E-state index contributed by atoms with van der Waals surface area (Å²) in [6.07, 6.45) is 1.51. The molecule has 1 aliphatic rings. The predicted molar refractivity (Wildman–Crippen MR) is 76.5 cm³/mol. The first-order valence-electron chi connectivity index (χ1n) is 6.92. The molecule has 7 heteroatoms. The van der Waals surface area contributed by atoms with Gasteiger partial charge in [-0.3, -0.25) is 9.69 Å². The number of carboxylic acid groups (broad SMARTS) is 1. The van der Waals surface area contributed by atoms with E-state index in [-0.39, 0.29) is 12.5 Å². The summed E-state index contributed by atoms with van der Waals surface area (Å²) >= 11 is 0. The van der Waals surface area contributed by atoms with Crippen molar-refractivity contribution >= 4 is 17.8 Å². The molecule has 1 saturated heterocycles. The van der Waals surface area contributed by atoms with E-state index in [0.29, 0.717) is 25.3 Å². The van der Waals surface area contributed by atoms with Crippen LogP contribution < -0.4 is 4.90 Å². The zero-order valence-corrected chi connectivity index (χ0v) is 12.0. The van der Waals surface area contributed by atoms with Crippen molar-refractivity contribution in [2.75, 3.05) is 44.2 Å². The van der Waals surface area contributed by atoms with Crippen molar-refractivity contribution in [2.24, 2.45) is 0 Å². The quantitative estimate of drug-likeness (QED) is 0.790. The van der Waals surface area contributed by atoms with E-state index in [0.717, 1.165) is 18.9 Å². The molecular formula is C14H19N3O4. The van der Waals surface area contributed by atoms with Crippen molar-refractivity contribution in [3.63, 3.8) is 0 Å². The molecule has 7 nitrogen and oxygen atoms in total. The molecule has 2 rings (SSSR count). The summed E-state index contributed by atoms with van der Waals surface area (Å²) in [6.45, 7) is 4.99. The largest absolute Gasteiger partial charge is 0.480 e. The Kier molecular flexibility index (Phi) is 5.10. The number of piperazine rings is 1. The highest BCUT2D eigenvalue weighted by atomic mass is 16.5. The lowest BCUT2D eigenvalue weighted by Crippen LogP contribution is -2.48. The van der Waals surface area contributed by atoms with Gasteiger partial charge in [-0.1, -0.05) is 0 Å². The third-order valence-corrected chi connectivity index (χ3v) is 3.31. The minimum Gasteiger partial charge on any atom is -0.480 e. The Bertz CT molecular complexity index is 495. The second-order valence-electron chi connectivity index (χ2n) is 4.78. The van der Waals surface area contributed by atoms with Crippen LogP contribution in [0.25, 0.3) is 0 Å². The number of carbonyl (C=O) groups is 2. The maximum absolute atomic E-state index is 11.5. The number of hydrogen-bond acceptors (Lipinski definition) is 6. The number of esters is 1. The second-order valence-corrected chi connectivity index (χ2v) is 4.78. The van der Waals surface area contributed by atoms with Crippen LogP contribution in [0.2, 0.25) is 0 Å². The molecule has 0 saturated carbocycles. The van der Waals surface area contributed by atoms with Crippen LogP contribution in [-0.4, -0.2) is 66.3 Å². The summed E-state index contributed by atoms with van der Waals surface area (Å²) in [5.41, 5.74) is 0.435. The normalized spacial score (nSPS) is 15.8. The van der Waals surface area contributed by atoms with Gasteiger partial charge in [0.05, 0.1) is 18.7 Å². The maximum Gasteiger partial charge on any atom is 0.339 e. The fraction of sp³-hybridized carbons (Fsp3) is 0.500. The van der Waals surface area contributed by atoms with Gasteiger partial charge in [-0.05, 0) is 19.1 Å². The van der Waals surface area contributed by atoms with E-state index in [1.54, 1.807) is 19.1 Å². The van der Waals surface area contributed by atoms with Crippen LogP contribution in [0.5, 0.6) is 0 Å². The van der Waals surface area contributed by atoms with Gasteiger partial charge >= 0.3 is 11.9 Å². The first-order valence-corrected chi connectivity index (χ1v) is 6.92. The molecule has 0 bridgehead atoms. The fourth-order valence-corrected chi connectivity index (χ4v) is 2.23. The van der Waals surface area contributed by atoms with E-state index in [1.807, 2.05) is 4.90 Å². The number of rotatable bonds is 5. The summed E-state index contributed by atoms with van der Waals surface area (Å²) in [4.78, 5) is 30.5. The zero-order chi connectivity index (χ0) is 15.2. The molecule has 0 unspecified atom stereocenters. The third kappa shape index (κ3) is 4.16. The van der Waals surface area contributed by atoms with Crippen LogP contribution in [0.15, 0.2) is 18.3 Å². The summed E-state index contributed by atoms with van der Waals surface area (Å²) in [5, 5.41) is 8.76. The molecule has 0 spiro atoms. The van der Waals surface area contributed by atoms with Crippen molar-refractivity contribution in [3.05, 3.63) is 23.9 Å². The molecule has 0 aromatic carbocycles. The zero-order valence-electron chi connectivity index (χ0n) is 12.0. The predicted octanol–water partition coefficient (Wildman–Crippen LogP) is 0.465. The highest BCUT2D eigenvalue weighted by molar-refractivity contribution is 5.89. The monoisotopic (exact) mass is 293 g/mol. The molecule has 1 N–H and O–H groups in total. The van der Waals surface area contributed by atoms with E-state index < -0.39 is 5.97 Å². The van der Waals surface area contributed by atoms with Gasteiger partial charge in [0.1, 0.15) is 5.82 Å². The van der Waals surface area contributed by atoms with Crippen LogP contribution in [-0.2, 0) is 9.53 Å². The van der Waals surface area contributed by atoms with Crippen LogP contribution in [0.4, 0.5) is 5.82 Å². The van der Waals surface area contributed by atoms with Gasteiger partial charge in [0, 0.05) is 32.4 Å². The van der Waals surface area contributed by atoms with Gasteiger partial charge in [0.25, 0.3) is 0 Å². The first kappa shape index (κ1) is 15.2. The first-order chi connectivity index (χ1) is 10.1. The van der Waals surface area contributed by atoms with E-state index in [4.69, 9.17) is 9.84 Å². The lowest BCUT2D eigenvalue weighted by molar-refractivity contribution is -0.138. The molecule has 0 atom stereocenters. The number of carboxylic acids is 1. The summed E-state index contributed by atoms with van der Waals surface area (Å²) in [6, 6.07) is 3.49. The smallest absolute Gasteiger partial charge is 0.339 e. The number of pyridine rings is 1. The summed E-state index contributed by atoms with van der Waals surface area (Å²) < 4.78 is 4.91. The molecule has 114 valence electrons. The molecule has 2 heterocycles. The Morgan fingerprint density at radius 2 is 2.00 bits per heavy atom. The molecule has 1 aromatic rings. The van der Waals surface area contributed by atoms with Gasteiger partial charge in [-0.2, -0.15) is 0 Å². The standard InChI is InChI=1S/C14H19N3O4/c1-2-21-14(20)11-3-4-12(15-9-11)17-7-5-16(6-8-17)10-13(18)19/h3-4,9H,2,5-8,10H2,1H3,(H,18,19). The lowest BCUT2D eigenvalue weighted by Gasteiger charge is -2.34. The average Bonchev–Trinajstić information content (AvgIpc) is 2.48. The van der Waals surface area contributed by atoms with Crippen LogP contribution >= 0.6 is 0 Å². The SMILES string of the molecule is CCOC(=O)c1ccc(N2CCN(CC(=O)O)CC2)nc1. The molecule has 1 fully saturated rings. The van der Waals surface area contributed by atoms with Crippen LogP contribution in [0.1, 0.15) is 17.3 Å². The average molecular weight is 293 g/mol. The molecule has 1 aliphatic heterocycles. The Hall–Kier alpha value is -2.15. The van der Waals surface area contributed by atoms with E-state index in [2.05, 4.69) is 9.88 Å². The van der Waals surface area contributed by atoms with Gasteiger partial charge in [0.15, 0.2) is 0 Å². The van der Waals surface area contributed by atoms with Crippen LogP contribution in [0.3, 0.4) is 0 Å². The third-order valence-electron chi connectivity index (χ3n) is 3.31. The Morgan fingerprint density at radius 3 is 2.52 bits per heavy atom. The maximum atomic E-state index is 11.5. The summed E-state index contributed by atoms with van der Waals surface area (Å²) in [7, 11) is 0. The molecule has 0 amide bonds. The molecule has 0 radical (unpaired) electrons. The van der Waals surface area contributed by atoms with Crippen molar-refractivity contribution in [1.29, 1.82) is 0 Å². The molecule has 1 aromatic heterocycles. The van der Waals surface area contributed by atoms with Crippen molar-refractivity contribution in [2.45, 2.75) is 6.92 Å². The number of hydrogen-bond donors (Lipinski definition) is 1. The Labute approximate surface area is 123 Å². The van der Waals surface area contributed by atoms with Crippen molar-refractivity contribution in [3.8, 4) is 0 Å². The van der Waals surface area contributed by atoms with Gasteiger partial charge in [-0.15, -0.1) is 0 Å². The number of anilines is 1. The van der Waals surface area contributed by atoms with Crippen molar-refractivity contribution < 1.29 is 19.4 Å². The molecule has 21 heavy (non-hydrogen) atoms. The van der Waals surface area contributed by atoms with Crippen molar-refractivity contribution in [1.82, 2.24) is 9.88 Å². The number of aromatic nitrogens is 1. The topological polar surface area (TPSA) is 83.0 Å². The highest BCUT2D eigenvalue weighted by Crippen LogP contribution is 2.14. The summed E-state index contributed by atoms with van der Waals surface area (Å²) in [5.74, 6) is -0.388. The minimum absolute atomic E-state index is 0.0725. The fourth-order valence-electron chi connectivity index (χ4n) is 2.23. The van der Waals surface area contributed by atoms with Gasteiger partial charge in [0.2, 0.25) is 0 Å². The number of carbonyl (C=O) groups excluding carboxylic acids is 1. The second kappa shape index (κ2) is 7.03. The van der Waals surface area contributed by atoms with E-state index in [9.17, 15) is 9.59 Å².